The van der Waals surface area contributed by atoms with E-state index in [1.807, 2.05) is 0 Å². The van der Waals surface area contributed by atoms with Crippen LogP contribution in [0.3, 0.4) is 0 Å². The van der Waals surface area contributed by atoms with E-state index in [4.69, 9.17) is 9.47 Å². The number of aliphatic hydroxyl groups excluding tert-OH is 1. The van der Waals surface area contributed by atoms with Crippen molar-refractivity contribution in [3.63, 3.8) is 0 Å². The number of allylic oxidation sites excluding steroid dienone is 2. The zero-order valence-corrected chi connectivity index (χ0v) is 30.7. The molecule has 0 saturated carbocycles. The predicted molar refractivity (Wildman–Crippen MR) is 196 cm³/mol. The van der Waals surface area contributed by atoms with E-state index in [1.54, 1.807) is 0 Å². The molecule has 0 aromatic rings. The van der Waals surface area contributed by atoms with Crippen LogP contribution in [0.25, 0.3) is 0 Å². The Labute approximate surface area is 282 Å². The summed E-state index contributed by atoms with van der Waals surface area (Å²) in [6, 6.07) is 0. The largest absolute Gasteiger partial charge is 0.457 e. The number of hydrogen-bond acceptors (Lipinski definition) is 4. The molecule has 268 valence electrons. The van der Waals surface area contributed by atoms with E-state index in [0.717, 1.165) is 19.3 Å². The molecule has 0 aromatic carbocycles. The molecular weight excluding hydrogens is 556 g/mol. The van der Waals surface area contributed by atoms with Crippen LogP contribution in [0.4, 0.5) is 0 Å². The van der Waals surface area contributed by atoms with Gasteiger partial charge in [-0.05, 0) is 38.5 Å². The quantitative estimate of drug-likeness (QED) is 0.0416. The lowest BCUT2D eigenvalue weighted by molar-refractivity contribution is -0.154. The fraction of sp³-hybridized carbons (Fsp3) is 0.927. The Bertz CT molecular complexity index is 590. The first-order valence-electron chi connectivity index (χ1n) is 20.3. The van der Waals surface area contributed by atoms with Crippen molar-refractivity contribution in [3.8, 4) is 0 Å². The molecule has 0 saturated heterocycles. The number of aliphatic hydroxyl groups is 1. The Morgan fingerprint density at radius 3 is 1.27 bits per heavy atom. The summed E-state index contributed by atoms with van der Waals surface area (Å²) in [6.07, 6.45) is 45.4. The average Bonchev–Trinajstić information content (AvgIpc) is 3.05. The Morgan fingerprint density at radius 2 is 0.867 bits per heavy atom. The van der Waals surface area contributed by atoms with E-state index in [9.17, 15) is 9.90 Å². The molecule has 0 radical (unpaired) electrons. The van der Waals surface area contributed by atoms with E-state index in [0.29, 0.717) is 19.6 Å². The summed E-state index contributed by atoms with van der Waals surface area (Å²) in [7, 11) is 0. The summed E-state index contributed by atoms with van der Waals surface area (Å²) in [6.45, 7) is 5.38. The number of hydrogen-bond donors (Lipinski definition) is 1. The standard InChI is InChI=1S/C41H80O4/c1-3-5-7-9-11-13-15-17-19-20-21-22-24-26-28-30-32-34-36-41(43)45-40(38-42)39-44-37-35-33-31-29-27-25-23-18-16-14-12-10-8-6-4-2/h19-20,40,42H,3-18,21-39H2,1-2H3/b20-19-. The molecule has 0 spiro atoms. The van der Waals surface area contributed by atoms with Crippen molar-refractivity contribution in [1.29, 1.82) is 0 Å². The number of esters is 1. The maximum atomic E-state index is 12.2. The summed E-state index contributed by atoms with van der Waals surface area (Å²) in [4.78, 5) is 12.2. The number of rotatable bonds is 38. The second kappa shape index (κ2) is 39.3. The maximum absolute atomic E-state index is 12.2. The molecule has 0 heterocycles. The molecule has 1 atom stereocenters. The third-order valence-electron chi connectivity index (χ3n) is 9.09. The van der Waals surface area contributed by atoms with Gasteiger partial charge in [0.1, 0.15) is 6.10 Å². The van der Waals surface area contributed by atoms with Crippen LogP contribution in [0.5, 0.6) is 0 Å². The molecule has 45 heavy (non-hydrogen) atoms. The molecule has 0 amide bonds. The van der Waals surface area contributed by atoms with Gasteiger partial charge in [-0.15, -0.1) is 0 Å². The van der Waals surface area contributed by atoms with Gasteiger partial charge in [-0.3, -0.25) is 4.79 Å². The summed E-state index contributed by atoms with van der Waals surface area (Å²) >= 11 is 0. The van der Waals surface area contributed by atoms with Gasteiger partial charge in [0.25, 0.3) is 0 Å². The van der Waals surface area contributed by atoms with Crippen LogP contribution in [0.1, 0.15) is 219 Å². The zero-order valence-electron chi connectivity index (χ0n) is 30.7. The van der Waals surface area contributed by atoms with Gasteiger partial charge < -0.3 is 14.6 Å². The second-order valence-electron chi connectivity index (χ2n) is 13.7. The Morgan fingerprint density at radius 1 is 0.511 bits per heavy atom. The van der Waals surface area contributed by atoms with Crippen LogP contribution in [0, 0.1) is 0 Å². The number of carbonyl (C=O) groups excluding carboxylic acids is 1. The highest BCUT2D eigenvalue weighted by Crippen LogP contribution is 2.14. The molecular formula is C41H80O4. The zero-order chi connectivity index (χ0) is 32.7. The number of ether oxygens (including phenoxy) is 2. The molecule has 4 nitrogen and oxygen atoms in total. The van der Waals surface area contributed by atoms with Crippen LogP contribution < -0.4 is 0 Å². The van der Waals surface area contributed by atoms with E-state index < -0.39 is 6.10 Å². The topological polar surface area (TPSA) is 55.8 Å². The van der Waals surface area contributed by atoms with Crippen molar-refractivity contribution in [3.05, 3.63) is 12.2 Å². The minimum Gasteiger partial charge on any atom is -0.457 e. The van der Waals surface area contributed by atoms with E-state index >= 15 is 0 Å². The van der Waals surface area contributed by atoms with E-state index in [2.05, 4.69) is 26.0 Å². The van der Waals surface area contributed by atoms with Crippen LogP contribution in [-0.2, 0) is 14.3 Å². The average molecular weight is 637 g/mol. The van der Waals surface area contributed by atoms with Crippen molar-refractivity contribution in [1.82, 2.24) is 0 Å². The van der Waals surface area contributed by atoms with Gasteiger partial charge in [0.05, 0.1) is 13.2 Å². The van der Waals surface area contributed by atoms with Crippen molar-refractivity contribution < 1.29 is 19.4 Å². The monoisotopic (exact) mass is 637 g/mol. The summed E-state index contributed by atoms with van der Waals surface area (Å²) in [5, 5.41) is 9.58. The molecule has 1 unspecified atom stereocenters. The molecule has 0 bridgehead atoms. The minimum atomic E-state index is -0.529. The summed E-state index contributed by atoms with van der Waals surface area (Å²) < 4.78 is 11.1. The Hall–Kier alpha value is -0.870. The summed E-state index contributed by atoms with van der Waals surface area (Å²) in [5.74, 6) is -0.201. The first kappa shape index (κ1) is 44.1. The van der Waals surface area contributed by atoms with E-state index in [-0.39, 0.29) is 12.6 Å². The van der Waals surface area contributed by atoms with Gasteiger partial charge in [-0.1, -0.05) is 187 Å². The lowest BCUT2D eigenvalue weighted by atomic mass is 10.0. The van der Waals surface area contributed by atoms with E-state index in [1.165, 1.54) is 180 Å². The van der Waals surface area contributed by atoms with Gasteiger partial charge in [0, 0.05) is 13.0 Å². The Kier molecular flexibility index (Phi) is 38.5. The van der Waals surface area contributed by atoms with Crippen molar-refractivity contribution in [2.45, 2.75) is 225 Å². The van der Waals surface area contributed by atoms with Crippen molar-refractivity contribution >= 4 is 5.97 Å². The summed E-state index contributed by atoms with van der Waals surface area (Å²) in [5.41, 5.74) is 0. The minimum absolute atomic E-state index is 0.168. The predicted octanol–water partition coefficient (Wildman–Crippen LogP) is 13.0. The second-order valence-corrected chi connectivity index (χ2v) is 13.7. The highest BCUT2D eigenvalue weighted by Gasteiger charge is 2.13. The van der Waals surface area contributed by atoms with Crippen LogP contribution in [0.2, 0.25) is 0 Å². The molecule has 0 aliphatic heterocycles. The van der Waals surface area contributed by atoms with Gasteiger partial charge in [-0.25, -0.2) is 0 Å². The maximum Gasteiger partial charge on any atom is 0.306 e. The molecule has 0 aromatic heterocycles. The first-order chi connectivity index (χ1) is 22.2. The normalized spacial score (nSPS) is 12.3. The van der Waals surface area contributed by atoms with Crippen molar-refractivity contribution in [2.75, 3.05) is 19.8 Å². The molecule has 1 N–H and O–H groups in total. The van der Waals surface area contributed by atoms with Gasteiger partial charge in [0.15, 0.2) is 0 Å². The van der Waals surface area contributed by atoms with Crippen LogP contribution in [-0.4, -0.2) is 37.0 Å². The van der Waals surface area contributed by atoms with Gasteiger partial charge in [0.2, 0.25) is 0 Å². The molecule has 0 fully saturated rings. The smallest absolute Gasteiger partial charge is 0.306 e. The fourth-order valence-electron chi connectivity index (χ4n) is 6.03. The SMILES string of the molecule is CCCCCCCCC/C=C\CCCCCCCCCC(=O)OC(CO)COCCCCCCCCCCCCCCCCC. The van der Waals surface area contributed by atoms with Gasteiger partial charge in [-0.2, -0.15) is 0 Å². The third kappa shape index (κ3) is 37.5. The Balaban J connectivity index is 3.40. The van der Waals surface area contributed by atoms with Gasteiger partial charge >= 0.3 is 5.97 Å². The highest BCUT2D eigenvalue weighted by molar-refractivity contribution is 5.69. The van der Waals surface area contributed by atoms with Crippen LogP contribution in [0.15, 0.2) is 12.2 Å². The molecule has 4 heteroatoms. The highest BCUT2D eigenvalue weighted by atomic mass is 16.6. The lowest BCUT2D eigenvalue weighted by Crippen LogP contribution is -2.27. The molecule has 0 aliphatic rings. The number of unbranched alkanes of at least 4 members (excludes halogenated alkanes) is 28. The third-order valence-corrected chi connectivity index (χ3v) is 9.09. The molecule has 0 aliphatic carbocycles. The van der Waals surface area contributed by atoms with Crippen molar-refractivity contribution in [2.24, 2.45) is 0 Å². The molecule has 0 rings (SSSR count). The fourth-order valence-corrected chi connectivity index (χ4v) is 6.03. The van der Waals surface area contributed by atoms with Crippen LogP contribution >= 0.6 is 0 Å². The lowest BCUT2D eigenvalue weighted by Gasteiger charge is -2.16. The first-order valence-corrected chi connectivity index (χ1v) is 20.3. The number of carbonyl (C=O) groups is 1.